The molecule has 0 aliphatic carbocycles. The lowest BCUT2D eigenvalue weighted by molar-refractivity contribution is -0.135. The maximum Gasteiger partial charge on any atom is 0.410 e. The molecule has 2 aliphatic rings. The largest absolute Gasteiger partial charge is 0.453 e. The van der Waals surface area contributed by atoms with Crippen molar-refractivity contribution in [1.82, 2.24) is 35.1 Å². The molecule has 0 saturated carbocycles. The first-order valence-electron chi connectivity index (χ1n) is 19.0. The van der Waals surface area contributed by atoms with E-state index in [2.05, 4.69) is 63.8 Å². The van der Waals surface area contributed by atoms with Crippen LogP contribution in [0.5, 0.6) is 0 Å². The highest BCUT2D eigenvalue weighted by Gasteiger charge is 2.40. The van der Waals surface area contributed by atoms with Gasteiger partial charge in [-0.05, 0) is 80.2 Å². The van der Waals surface area contributed by atoms with Crippen LogP contribution >= 0.6 is 0 Å². The zero-order valence-electron chi connectivity index (χ0n) is 32.6. The first-order valence-corrected chi connectivity index (χ1v) is 19.0. The molecular weight excluding hydrogens is 699 g/mol. The summed E-state index contributed by atoms with van der Waals surface area (Å²) in [5, 5.41) is 4.80. The van der Waals surface area contributed by atoms with Crippen molar-refractivity contribution in [2.75, 3.05) is 33.9 Å². The number of nitrogens with one attached hydrogen (secondary N) is 3. The van der Waals surface area contributed by atoms with Gasteiger partial charge >= 0.3 is 12.2 Å². The average Bonchev–Trinajstić information content (AvgIpc) is 3.98. The maximum atomic E-state index is 13.6. The van der Waals surface area contributed by atoms with Gasteiger partial charge in [-0.3, -0.25) is 9.69 Å². The molecule has 2 saturated heterocycles. The minimum absolute atomic E-state index is 0.101. The minimum atomic E-state index is -0.684. The highest BCUT2D eigenvalue weighted by Crippen LogP contribution is 2.38. The Morgan fingerprint density at radius 3 is 2.38 bits per heavy atom. The molecule has 13 nitrogen and oxygen atoms in total. The van der Waals surface area contributed by atoms with E-state index in [0.29, 0.717) is 19.7 Å². The van der Waals surface area contributed by atoms with Crippen LogP contribution < -0.4 is 5.32 Å². The smallest absolute Gasteiger partial charge is 0.410 e. The fourth-order valence-electron chi connectivity index (χ4n) is 7.91. The number of alkyl carbamates (subject to hydrolysis) is 1. The van der Waals surface area contributed by atoms with Crippen LogP contribution in [0.15, 0.2) is 60.8 Å². The van der Waals surface area contributed by atoms with Gasteiger partial charge in [0.05, 0.1) is 48.7 Å². The zero-order valence-corrected chi connectivity index (χ0v) is 32.6. The Balaban J connectivity index is 1.08. The van der Waals surface area contributed by atoms with E-state index in [1.54, 1.807) is 12.0 Å². The van der Waals surface area contributed by atoms with E-state index in [0.717, 1.165) is 75.1 Å². The highest BCUT2D eigenvalue weighted by molar-refractivity contribution is 6.05. The Hall–Kier alpha value is -5.43. The normalized spacial score (nSPS) is 19.4. The minimum Gasteiger partial charge on any atom is -0.453 e. The molecule has 0 radical (unpaired) electrons. The topological polar surface area (TPSA) is 155 Å². The second kappa shape index (κ2) is 15.4. The molecule has 4 heterocycles. The number of hydrogen-bond donors (Lipinski definition) is 3. The Bertz CT molecular complexity index is 2190. The summed E-state index contributed by atoms with van der Waals surface area (Å²) in [6, 6.07) is 17.8. The van der Waals surface area contributed by atoms with Gasteiger partial charge in [-0.1, -0.05) is 56.3 Å². The number of carbonyl (C=O) groups excluding carboxylic acids is 3. The molecule has 2 fully saturated rings. The SMILES string of the molecule is COC[C@H]1C[C@@H](c2nc3c(ccc4cc(-c5ccc(-c6cnc([C@@H]7CCCN7C(=O)[C@@H](NC(=O)OC)C(C)C)[nH]6)cc5)ccc43)[nH]2)N(C(=O)OC(C)(C)C)C1. The molecule has 3 N–H and O–H groups in total. The third-order valence-electron chi connectivity index (χ3n) is 10.6. The molecule has 5 aromatic rings. The van der Waals surface area contributed by atoms with E-state index in [1.807, 2.05) is 51.8 Å². The molecule has 0 spiro atoms. The summed E-state index contributed by atoms with van der Waals surface area (Å²) in [6.45, 7) is 11.1. The molecule has 3 aromatic carbocycles. The number of H-pyrrole nitrogens is 2. The molecule has 290 valence electrons. The highest BCUT2D eigenvalue weighted by atomic mass is 16.6. The second-order valence-corrected chi connectivity index (χ2v) is 16.0. The van der Waals surface area contributed by atoms with Crippen LogP contribution in [-0.2, 0) is 19.0 Å². The van der Waals surface area contributed by atoms with Crippen molar-refractivity contribution in [3.8, 4) is 22.4 Å². The quantitative estimate of drug-likeness (QED) is 0.138. The zero-order chi connectivity index (χ0) is 39.0. The van der Waals surface area contributed by atoms with Gasteiger partial charge in [0.25, 0.3) is 0 Å². The molecule has 4 atom stereocenters. The summed E-state index contributed by atoms with van der Waals surface area (Å²) < 4.78 is 16.0. The van der Waals surface area contributed by atoms with Gasteiger partial charge in [-0.15, -0.1) is 0 Å². The van der Waals surface area contributed by atoms with Crippen LogP contribution in [0.2, 0.25) is 0 Å². The van der Waals surface area contributed by atoms with Crippen LogP contribution in [0.3, 0.4) is 0 Å². The number of rotatable bonds is 9. The number of imidazole rings is 2. The van der Waals surface area contributed by atoms with Crippen LogP contribution in [0, 0.1) is 11.8 Å². The van der Waals surface area contributed by atoms with Gasteiger partial charge in [-0.25, -0.2) is 19.6 Å². The lowest BCUT2D eigenvalue weighted by atomic mass is 9.99. The van der Waals surface area contributed by atoms with Crippen molar-refractivity contribution in [2.45, 2.75) is 77.6 Å². The number of carbonyl (C=O) groups is 3. The van der Waals surface area contributed by atoms with Crippen LogP contribution in [0.1, 0.15) is 77.6 Å². The standard InChI is InChI=1S/C42H51N7O6/c1-24(2)35(47-40(51)54-7)39(50)48-18-8-9-33(48)37-43-21-32(45-37)27-12-10-26(11-13-27)28-14-16-30-29(20-28)15-17-31-36(30)46-38(44-31)34-19-25(23-53-6)22-49(34)41(52)55-42(3,4)5/h10-17,20-21,24-25,33-35H,8-9,18-19,22-23H2,1-7H3,(H,43,45)(H,44,46)(H,47,51)/t25-,33-,34-,35-/m0/s1. The predicted molar refractivity (Wildman–Crippen MR) is 210 cm³/mol. The van der Waals surface area contributed by atoms with Gasteiger partial charge in [0.1, 0.15) is 23.3 Å². The Kier molecular flexibility index (Phi) is 10.6. The van der Waals surface area contributed by atoms with Crippen molar-refractivity contribution < 1.29 is 28.6 Å². The molecular formula is C42H51N7O6. The number of ether oxygens (including phenoxy) is 3. The van der Waals surface area contributed by atoms with E-state index >= 15 is 0 Å². The molecule has 0 unspecified atom stereocenters. The Labute approximate surface area is 321 Å². The number of nitrogens with zero attached hydrogens (tertiary/aromatic N) is 4. The molecule has 2 aromatic heterocycles. The number of amides is 3. The lowest BCUT2D eigenvalue weighted by Gasteiger charge is -2.30. The number of benzene rings is 3. The first-order chi connectivity index (χ1) is 26.3. The Morgan fingerprint density at radius 2 is 1.67 bits per heavy atom. The summed E-state index contributed by atoms with van der Waals surface area (Å²) in [6.07, 6.45) is 3.22. The molecule has 13 heteroatoms. The molecule has 2 aliphatic heterocycles. The first kappa shape index (κ1) is 37.9. The van der Waals surface area contributed by atoms with Crippen molar-refractivity contribution >= 4 is 39.9 Å². The molecule has 55 heavy (non-hydrogen) atoms. The van der Waals surface area contributed by atoms with Crippen molar-refractivity contribution in [2.24, 2.45) is 11.8 Å². The van der Waals surface area contributed by atoms with E-state index < -0.39 is 17.7 Å². The number of likely N-dealkylation sites (tertiary alicyclic amines) is 2. The van der Waals surface area contributed by atoms with Crippen molar-refractivity contribution in [3.63, 3.8) is 0 Å². The van der Waals surface area contributed by atoms with Crippen LogP contribution in [-0.4, -0.2) is 93.4 Å². The lowest BCUT2D eigenvalue weighted by Crippen LogP contribution is -2.51. The van der Waals surface area contributed by atoms with Gasteiger partial charge in [0.2, 0.25) is 5.91 Å². The van der Waals surface area contributed by atoms with E-state index in [4.69, 9.17) is 24.2 Å². The second-order valence-electron chi connectivity index (χ2n) is 16.0. The molecule has 0 bridgehead atoms. The molecule has 3 amide bonds. The number of hydrogen-bond acceptors (Lipinski definition) is 8. The number of aromatic amines is 2. The summed E-state index contributed by atoms with van der Waals surface area (Å²) in [5.41, 5.74) is 5.18. The van der Waals surface area contributed by atoms with Crippen LogP contribution in [0.25, 0.3) is 44.2 Å². The van der Waals surface area contributed by atoms with Gasteiger partial charge in [0.15, 0.2) is 0 Å². The maximum absolute atomic E-state index is 13.6. The van der Waals surface area contributed by atoms with E-state index in [-0.39, 0.29) is 35.9 Å². The average molecular weight is 750 g/mol. The predicted octanol–water partition coefficient (Wildman–Crippen LogP) is 7.76. The molecule has 7 rings (SSSR count). The monoisotopic (exact) mass is 749 g/mol. The third-order valence-corrected chi connectivity index (χ3v) is 10.6. The summed E-state index contributed by atoms with van der Waals surface area (Å²) in [5.74, 6) is 1.43. The van der Waals surface area contributed by atoms with Gasteiger partial charge in [0, 0.05) is 31.5 Å². The summed E-state index contributed by atoms with van der Waals surface area (Å²) >= 11 is 0. The Morgan fingerprint density at radius 1 is 0.927 bits per heavy atom. The van der Waals surface area contributed by atoms with E-state index in [1.165, 1.54) is 7.11 Å². The van der Waals surface area contributed by atoms with Crippen molar-refractivity contribution in [1.29, 1.82) is 0 Å². The fraction of sp³-hybridized carbons (Fsp3) is 0.452. The number of fused-ring (bicyclic) bond motifs is 3. The van der Waals surface area contributed by atoms with E-state index in [9.17, 15) is 14.4 Å². The summed E-state index contributed by atoms with van der Waals surface area (Å²) in [7, 11) is 2.98. The number of methoxy groups -OCH3 is 2. The fourth-order valence-corrected chi connectivity index (χ4v) is 7.91. The van der Waals surface area contributed by atoms with Crippen molar-refractivity contribution in [3.05, 3.63) is 72.4 Å². The third kappa shape index (κ3) is 7.89. The summed E-state index contributed by atoms with van der Waals surface area (Å²) in [4.78, 5) is 59.1. The number of aromatic nitrogens is 4. The van der Waals surface area contributed by atoms with Gasteiger partial charge < -0.3 is 34.4 Å². The van der Waals surface area contributed by atoms with Crippen LogP contribution in [0.4, 0.5) is 9.59 Å². The van der Waals surface area contributed by atoms with Gasteiger partial charge in [-0.2, -0.15) is 0 Å².